The molecule has 0 bridgehead atoms. The molecule has 0 aliphatic rings. The largest absolute Gasteiger partial charge is 0.455 e. The minimum absolute atomic E-state index is 0.571. The third kappa shape index (κ3) is 5.15. The molecule has 0 spiro atoms. The van der Waals surface area contributed by atoms with Crippen LogP contribution >= 0.6 is 0 Å². The van der Waals surface area contributed by atoms with E-state index in [-0.39, 0.29) is 0 Å². The number of para-hydroxylation sites is 1. The Labute approximate surface area is 337 Å². The minimum atomic E-state index is -1.10. The molecule has 0 radical (unpaired) electrons. The lowest BCUT2D eigenvalue weighted by molar-refractivity contribution is 0.673. The van der Waals surface area contributed by atoms with Crippen molar-refractivity contribution < 1.29 is 45.5 Å². The van der Waals surface area contributed by atoms with Crippen molar-refractivity contribution >= 4 is 43.5 Å². The molecule has 0 N–H and O–H groups in total. The zero-order chi connectivity index (χ0) is 59.8. The van der Waals surface area contributed by atoms with Crippen molar-refractivity contribution in [2.45, 2.75) is 0 Å². The molecule has 3 heteroatoms. The maximum Gasteiger partial charge on any atom is 0.160 e. The first-order valence-corrected chi connectivity index (χ1v) is 14.8. The van der Waals surface area contributed by atoms with Gasteiger partial charge >= 0.3 is 0 Å². The minimum Gasteiger partial charge on any atom is -0.455 e. The number of fused-ring (bicyclic) bond motifs is 6. The van der Waals surface area contributed by atoms with E-state index in [1.165, 1.54) is 0 Å². The Morgan fingerprint density at radius 3 is 1.65 bits per heavy atom. The monoisotopic (exact) mass is 680 g/mol. The molecule has 3 nitrogen and oxygen atoms in total. The van der Waals surface area contributed by atoms with Crippen molar-refractivity contribution in [2.75, 3.05) is 0 Å². The van der Waals surface area contributed by atoms with E-state index in [0.717, 1.165) is 0 Å². The van der Waals surface area contributed by atoms with Crippen LogP contribution in [0.2, 0.25) is 0 Å². The Hall–Kier alpha value is -6.84. The van der Waals surface area contributed by atoms with Crippen LogP contribution in [0.5, 0.6) is 0 Å². The van der Waals surface area contributed by atoms with E-state index in [9.17, 15) is 13.7 Å². The second-order valence-corrected chi connectivity index (χ2v) is 10.6. The fourth-order valence-corrected chi connectivity index (χ4v) is 5.38. The Kier molecular flexibility index (Phi) is 2.78. The summed E-state index contributed by atoms with van der Waals surface area (Å²) < 4.78 is 273. The highest BCUT2D eigenvalue weighted by molar-refractivity contribution is 6.21. The maximum atomic E-state index is 10.0. The highest BCUT2D eigenvalue weighted by Crippen LogP contribution is 2.42. The first kappa shape index (κ1) is 11.9. The van der Waals surface area contributed by atoms with E-state index in [1.54, 1.807) is 0 Å². The van der Waals surface area contributed by atoms with Gasteiger partial charge in [0.15, 0.2) is 5.82 Å². The van der Waals surface area contributed by atoms with Crippen LogP contribution in [0, 0.1) is 0 Å². The summed E-state index contributed by atoms with van der Waals surface area (Å²) in [5.74, 6) is -0.945. The van der Waals surface area contributed by atoms with E-state index < -0.39 is 281 Å². The van der Waals surface area contributed by atoms with Gasteiger partial charge in [-0.15, -0.1) is 0 Å². The standard InChI is InChI=1S/C48H30N2O/c1-4-12-31(13-5-1)34-20-21-37-27-38(23-22-36(37)26-34)43-30-44(50-48(49-43)33-16-8-3-9-17-33)42-29-39-28-35(32-14-6-2-7-15-32)24-25-40(39)47-46(42)41-18-10-11-19-45(41)51-47/h1-30H/i1D,2D,3D,4D,5D,6D,7D,8D,9D,10D,11D,12D,13D,14D,15D,16D,17D,18D,19D,20D,21D,22D,23D,24D,25D,26D,27D,28D,29D,30D. The molecule has 0 aliphatic heterocycles. The molecule has 0 saturated carbocycles. The van der Waals surface area contributed by atoms with Crippen LogP contribution in [0.25, 0.3) is 99.6 Å². The summed E-state index contributed by atoms with van der Waals surface area (Å²) in [6, 6.07) is -28.3. The normalized spacial score (nSPS) is 19.8. The van der Waals surface area contributed by atoms with Crippen molar-refractivity contribution in [1.29, 1.82) is 0 Å². The number of nitrogens with zero attached hydrogens (tertiary/aromatic N) is 2. The van der Waals surface area contributed by atoms with Crippen LogP contribution in [0.3, 0.4) is 0 Å². The topological polar surface area (TPSA) is 38.9 Å². The molecule has 2 heterocycles. The third-order valence-electron chi connectivity index (χ3n) is 7.62. The molecule has 2 aromatic heterocycles. The molecule has 0 aliphatic carbocycles. The lowest BCUT2D eigenvalue weighted by atomic mass is 9.94. The number of rotatable bonds is 5. The van der Waals surface area contributed by atoms with E-state index >= 15 is 0 Å². The first-order chi connectivity index (χ1) is 37.8. The van der Waals surface area contributed by atoms with Crippen LogP contribution in [0.4, 0.5) is 0 Å². The van der Waals surface area contributed by atoms with Gasteiger partial charge in [0.25, 0.3) is 0 Å². The summed E-state index contributed by atoms with van der Waals surface area (Å²) >= 11 is 0. The van der Waals surface area contributed by atoms with Crippen molar-refractivity contribution in [1.82, 2.24) is 9.97 Å². The molecule has 10 aromatic rings. The van der Waals surface area contributed by atoms with Gasteiger partial charge in [0.05, 0.1) is 52.5 Å². The average Bonchev–Trinajstić information content (AvgIpc) is 4.06. The molecule has 0 saturated heterocycles. The Balaban J connectivity index is 1.45. The summed E-state index contributed by atoms with van der Waals surface area (Å²) in [4.78, 5) is 8.84. The van der Waals surface area contributed by atoms with Crippen molar-refractivity contribution in [3.63, 3.8) is 0 Å². The van der Waals surface area contributed by atoms with Crippen LogP contribution in [0.1, 0.15) is 41.1 Å². The molecule has 0 amide bonds. The zero-order valence-corrected chi connectivity index (χ0v) is 25.3. The lowest BCUT2D eigenvalue weighted by Crippen LogP contribution is -1.96. The zero-order valence-electron chi connectivity index (χ0n) is 55.3. The van der Waals surface area contributed by atoms with Gasteiger partial charge in [0, 0.05) is 32.8 Å². The quantitative estimate of drug-likeness (QED) is 0.182. The van der Waals surface area contributed by atoms with Crippen LogP contribution in [0.15, 0.2) is 186 Å². The number of furan rings is 1. The molecule has 0 atom stereocenters. The fraction of sp³-hybridized carbons (Fsp3) is 0. The van der Waals surface area contributed by atoms with Gasteiger partial charge in [-0.1, -0.05) is 139 Å². The third-order valence-corrected chi connectivity index (χ3v) is 7.62. The van der Waals surface area contributed by atoms with E-state index in [2.05, 4.69) is 9.97 Å². The molecular weight excluding hydrogens is 621 g/mol. The van der Waals surface area contributed by atoms with Gasteiger partial charge in [-0.25, -0.2) is 9.97 Å². The van der Waals surface area contributed by atoms with Gasteiger partial charge in [-0.2, -0.15) is 0 Å². The molecule has 0 fully saturated rings. The van der Waals surface area contributed by atoms with Gasteiger partial charge < -0.3 is 4.42 Å². The van der Waals surface area contributed by atoms with Crippen LogP contribution < -0.4 is 0 Å². The Morgan fingerprint density at radius 1 is 0.392 bits per heavy atom. The van der Waals surface area contributed by atoms with Crippen LogP contribution in [-0.2, 0) is 0 Å². The Morgan fingerprint density at radius 2 is 0.941 bits per heavy atom. The molecular formula is C48H30N2O. The molecule has 51 heavy (non-hydrogen) atoms. The highest BCUT2D eigenvalue weighted by atomic mass is 16.3. The van der Waals surface area contributed by atoms with E-state index in [4.69, 9.17) is 31.8 Å². The van der Waals surface area contributed by atoms with Gasteiger partial charge in [0.1, 0.15) is 11.2 Å². The molecule has 0 unspecified atom stereocenters. The number of aromatic nitrogens is 2. The highest BCUT2D eigenvalue weighted by Gasteiger charge is 2.20. The average molecular weight is 681 g/mol. The SMILES string of the molecule is [2H]c1c(-c2c([2H])c([2H])c3c([2H])c(-c4c([2H])c([2H])c([2H])c([2H])c4[2H])c([2H])c([2H])c3c2[2H])nc(-c2c([2H])c([2H])c([2H])c([2H])c2[2H])nc1-c1c([2H])c2c([2H])c(-c3c([2H])c([2H])c([2H])c([2H])c3[2H])c([2H])c([2H])c2c2oc3c([2H])c([2H])c([2H])c([2H])c3c12. The predicted molar refractivity (Wildman–Crippen MR) is 212 cm³/mol. The molecule has 8 aromatic carbocycles. The maximum absolute atomic E-state index is 10.0. The predicted octanol–water partition coefficient (Wildman–Crippen LogP) is 13.0. The molecule has 10 rings (SSSR count). The number of hydrogen-bond donors (Lipinski definition) is 0. The van der Waals surface area contributed by atoms with Gasteiger partial charge in [0.2, 0.25) is 0 Å². The second kappa shape index (κ2) is 11.9. The van der Waals surface area contributed by atoms with Crippen molar-refractivity contribution in [3.05, 3.63) is 181 Å². The summed E-state index contributed by atoms with van der Waals surface area (Å²) in [5.41, 5.74) is -8.80. The van der Waals surface area contributed by atoms with Crippen LogP contribution in [-0.4, -0.2) is 9.97 Å². The number of hydrogen-bond acceptors (Lipinski definition) is 3. The second-order valence-electron chi connectivity index (χ2n) is 10.6. The van der Waals surface area contributed by atoms with Gasteiger partial charge in [-0.05, 0) is 80.7 Å². The van der Waals surface area contributed by atoms with E-state index in [1.807, 2.05) is 0 Å². The molecule has 238 valence electrons. The fourth-order valence-electron chi connectivity index (χ4n) is 5.38. The Bertz CT molecular complexity index is 4560. The summed E-state index contributed by atoms with van der Waals surface area (Å²) in [5, 5.41) is -4.03. The van der Waals surface area contributed by atoms with Crippen molar-refractivity contribution in [2.24, 2.45) is 0 Å². The summed E-state index contributed by atoms with van der Waals surface area (Å²) in [6.45, 7) is 0. The van der Waals surface area contributed by atoms with Crippen molar-refractivity contribution in [3.8, 4) is 56.2 Å². The van der Waals surface area contributed by atoms with E-state index in [0.29, 0.717) is 0 Å². The smallest absolute Gasteiger partial charge is 0.160 e. The van der Waals surface area contributed by atoms with Gasteiger partial charge in [-0.3, -0.25) is 0 Å². The lowest BCUT2D eigenvalue weighted by Gasteiger charge is -2.13. The first-order valence-electron chi connectivity index (χ1n) is 29.8. The summed E-state index contributed by atoms with van der Waals surface area (Å²) in [7, 11) is 0. The number of benzene rings is 8. The summed E-state index contributed by atoms with van der Waals surface area (Å²) in [6.07, 6.45) is 0.